The lowest BCUT2D eigenvalue weighted by molar-refractivity contribution is 0.967. The Morgan fingerprint density at radius 2 is 0.636 bits per heavy atom. The fourth-order valence-corrected chi connectivity index (χ4v) is 18.1. The lowest BCUT2D eigenvalue weighted by atomic mass is 10.2. The molecule has 0 atom stereocenters. The summed E-state index contributed by atoms with van der Waals surface area (Å²) in [4.78, 5) is 0. The molecular weight excluding hydrogens is 561 g/mol. The van der Waals surface area contributed by atoms with Crippen molar-refractivity contribution in [3.63, 3.8) is 0 Å². The summed E-state index contributed by atoms with van der Waals surface area (Å²) in [6, 6.07) is 56.9. The molecule has 44 heavy (non-hydrogen) atoms. The van der Waals surface area contributed by atoms with Gasteiger partial charge in [0.15, 0.2) is 16.1 Å². The maximum Gasteiger partial charge on any atom is 0.175 e. The predicted octanol–water partition coefficient (Wildman–Crippen LogP) is 6.96. The molecule has 0 radical (unpaired) electrons. The Morgan fingerprint density at radius 1 is 0.318 bits per heavy atom. The zero-order valence-electron chi connectivity index (χ0n) is 25.1. The highest BCUT2D eigenvalue weighted by molar-refractivity contribution is 7.16. The molecule has 5 aromatic carbocycles. The lowest BCUT2D eigenvalue weighted by Crippen LogP contribution is -2.69. The second-order valence-corrected chi connectivity index (χ2v) is 19.7. The van der Waals surface area contributed by atoms with Gasteiger partial charge in [0.05, 0.1) is 0 Å². The molecule has 5 aromatic rings. The smallest absolute Gasteiger partial charge is 0.0842 e. The van der Waals surface area contributed by atoms with Crippen molar-refractivity contribution in [2.45, 2.75) is 25.7 Å². The zero-order chi connectivity index (χ0) is 29.7. The molecule has 0 bridgehead atoms. The zero-order valence-corrected chi connectivity index (χ0v) is 27.1. The first-order valence-corrected chi connectivity index (χ1v) is 19.9. The Hall–Kier alpha value is -4.51. The van der Waals surface area contributed by atoms with Gasteiger partial charge in [-0.3, -0.25) is 0 Å². The highest BCUT2D eigenvalue weighted by Gasteiger charge is 2.47. The number of hydrogen-bond acceptors (Lipinski definition) is 0. The largest absolute Gasteiger partial charge is 0.175 e. The van der Waals surface area contributed by atoms with Gasteiger partial charge in [0, 0.05) is 0 Å². The summed E-state index contributed by atoms with van der Waals surface area (Å²) < 4.78 is 0. The Bertz CT molecular complexity index is 1680. The van der Waals surface area contributed by atoms with E-state index in [0.717, 1.165) is 25.7 Å². The summed E-state index contributed by atoms with van der Waals surface area (Å²) in [5.74, 6) is 0. The first kappa shape index (κ1) is 28.3. The van der Waals surface area contributed by atoms with Crippen LogP contribution in [0.25, 0.3) is 0 Å². The fourth-order valence-electron chi connectivity index (χ4n) is 7.79. The summed E-state index contributed by atoms with van der Waals surface area (Å²) in [5.41, 5.74) is 0. The van der Waals surface area contributed by atoms with Crippen molar-refractivity contribution in [1.82, 2.24) is 0 Å². The van der Waals surface area contributed by atoms with Gasteiger partial charge in [-0.1, -0.05) is 198 Å². The average molecular weight is 599 g/mol. The molecule has 2 aliphatic rings. The second-order valence-electron chi connectivity index (χ2n) is 11.9. The van der Waals surface area contributed by atoms with Gasteiger partial charge in [-0.05, 0) is 51.6 Å². The monoisotopic (exact) mass is 598 g/mol. The van der Waals surface area contributed by atoms with Crippen LogP contribution in [0.15, 0.2) is 198 Å². The lowest BCUT2D eigenvalue weighted by Gasteiger charge is -2.42. The molecule has 0 saturated carbocycles. The molecule has 214 valence electrons. The third-order valence-electron chi connectivity index (χ3n) is 9.64. The number of rotatable bonds is 8. The Balaban J connectivity index is 1.50. The molecule has 0 spiro atoms. The Morgan fingerprint density at radius 3 is 0.955 bits per heavy atom. The summed E-state index contributed by atoms with van der Waals surface area (Å²) in [6.45, 7) is 0. The van der Waals surface area contributed by atoms with Gasteiger partial charge in [-0.15, -0.1) is 0 Å². The standard InChI is InChI=1S/C42H38Si2/c1-7-19-35(20-8-1)43(36-21-9-2-10-22-36,37-23-11-3-12-24-37)41-31-33-42(34-32-41)44(38-25-13-4-14-26-38,39-27-15-5-16-28-39)40-29-17-6-18-30-40/h1-17,19-29,31,33H,18,30,32,34H2. The van der Waals surface area contributed by atoms with Crippen LogP contribution in [0.2, 0.25) is 0 Å². The molecule has 7 rings (SSSR count). The SMILES string of the molecule is C1=CCCC([Si](C2=CC=C([Si](c3ccccc3)(c3ccccc3)c3ccccc3)CC2)(c2ccccc2)c2ccccc2)=C1. The first-order valence-electron chi connectivity index (χ1n) is 15.9. The molecule has 2 aliphatic carbocycles. The molecule has 0 heterocycles. The third-order valence-corrected chi connectivity index (χ3v) is 19.8. The van der Waals surface area contributed by atoms with Crippen molar-refractivity contribution in [1.29, 1.82) is 0 Å². The summed E-state index contributed by atoms with van der Waals surface area (Å²) >= 11 is 0. The van der Waals surface area contributed by atoms with Crippen LogP contribution in [0.1, 0.15) is 25.7 Å². The van der Waals surface area contributed by atoms with Crippen LogP contribution >= 0.6 is 0 Å². The number of benzene rings is 5. The van der Waals surface area contributed by atoms with E-state index >= 15 is 0 Å². The van der Waals surface area contributed by atoms with Gasteiger partial charge in [0.25, 0.3) is 0 Å². The fraction of sp³-hybridized carbons (Fsp3) is 0.0952. The third kappa shape index (κ3) is 4.85. The van der Waals surface area contributed by atoms with Crippen LogP contribution < -0.4 is 25.9 Å². The highest BCUT2D eigenvalue weighted by atomic mass is 28.3. The van der Waals surface area contributed by atoms with Gasteiger partial charge in [-0.25, -0.2) is 0 Å². The molecular formula is C42H38Si2. The Kier molecular flexibility index (Phi) is 8.11. The molecule has 0 fully saturated rings. The van der Waals surface area contributed by atoms with E-state index in [-0.39, 0.29) is 0 Å². The van der Waals surface area contributed by atoms with Crippen molar-refractivity contribution in [2.24, 2.45) is 0 Å². The van der Waals surface area contributed by atoms with Crippen molar-refractivity contribution >= 4 is 42.1 Å². The van der Waals surface area contributed by atoms with E-state index in [1.165, 1.54) is 25.9 Å². The minimum atomic E-state index is -2.50. The van der Waals surface area contributed by atoms with Crippen LogP contribution in [0.3, 0.4) is 0 Å². The molecule has 0 N–H and O–H groups in total. The van der Waals surface area contributed by atoms with Gasteiger partial charge in [0.1, 0.15) is 0 Å². The van der Waals surface area contributed by atoms with Crippen molar-refractivity contribution in [3.8, 4) is 0 Å². The summed E-state index contributed by atoms with van der Waals surface area (Å²) in [6.07, 6.45) is 16.6. The maximum atomic E-state index is 2.57. The van der Waals surface area contributed by atoms with E-state index < -0.39 is 16.1 Å². The number of hydrogen-bond donors (Lipinski definition) is 0. The van der Waals surface area contributed by atoms with E-state index in [4.69, 9.17) is 0 Å². The van der Waals surface area contributed by atoms with Gasteiger partial charge >= 0.3 is 0 Å². The Labute approximate surface area is 264 Å². The average Bonchev–Trinajstić information content (AvgIpc) is 3.12. The minimum absolute atomic E-state index is 1.06. The normalized spacial score (nSPS) is 15.2. The second kappa shape index (κ2) is 12.6. The molecule has 0 saturated heterocycles. The minimum Gasteiger partial charge on any atom is -0.0842 e. The van der Waals surface area contributed by atoms with Crippen LogP contribution in [0.4, 0.5) is 0 Å². The highest BCUT2D eigenvalue weighted by Crippen LogP contribution is 2.36. The molecule has 0 aromatic heterocycles. The summed E-state index contributed by atoms with van der Waals surface area (Å²) in [7, 11) is -4.93. The van der Waals surface area contributed by atoms with Crippen LogP contribution in [-0.2, 0) is 0 Å². The number of allylic oxidation sites excluding steroid dienone is 8. The predicted molar refractivity (Wildman–Crippen MR) is 194 cm³/mol. The van der Waals surface area contributed by atoms with E-state index in [1.54, 1.807) is 15.6 Å². The molecule has 0 aliphatic heterocycles. The molecule has 0 amide bonds. The molecule has 2 heteroatoms. The summed E-state index contributed by atoms with van der Waals surface area (Å²) in [5, 5.41) is 12.2. The van der Waals surface area contributed by atoms with Gasteiger partial charge in [0.2, 0.25) is 0 Å². The van der Waals surface area contributed by atoms with E-state index in [2.05, 4.69) is 182 Å². The first-order chi connectivity index (χ1) is 21.8. The van der Waals surface area contributed by atoms with Crippen molar-refractivity contribution in [3.05, 3.63) is 198 Å². The van der Waals surface area contributed by atoms with Crippen molar-refractivity contribution < 1.29 is 0 Å². The quantitative estimate of drug-likeness (QED) is 0.134. The van der Waals surface area contributed by atoms with E-state index in [0.29, 0.717) is 0 Å². The van der Waals surface area contributed by atoms with Gasteiger partial charge in [-0.2, -0.15) is 0 Å². The van der Waals surface area contributed by atoms with Crippen molar-refractivity contribution in [2.75, 3.05) is 0 Å². The van der Waals surface area contributed by atoms with E-state index in [1.807, 2.05) is 0 Å². The molecule has 0 nitrogen and oxygen atoms in total. The van der Waals surface area contributed by atoms with Crippen LogP contribution in [0.5, 0.6) is 0 Å². The van der Waals surface area contributed by atoms with Crippen LogP contribution in [0, 0.1) is 0 Å². The topological polar surface area (TPSA) is 0 Å². The van der Waals surface area contributed by atoms with E-state index in [9.17, 15) is 0 Å². The van der Waals surface area contributed by atoms with Crippen LogP contribution in [-0.4, -0.2) is 16.1 Å². The maximum absolute atomic E-state index is 2.57. The van der Waals surface area contributed by atoms with Gasteiger partial charge < -0.3 is 0 Å². The molecule has 0 unspecified atom stereocenters.